The predicted molar refractivity (Wildman–Crippen MR) is 36.3 cm³/mol. The summed E-state index contributed by atoms with van der Waals surface area (Å²) >= 11 is -0.328. The van der Waals surface area contributed by atoms with Crippen LogP contribution in [0.1, 0.15) is 20.8 Å². The molecule has 0 saturated heterocycles. The van der Waals surface area contributed by atoms with E-state index in [1.165, 1.54) is 0 Å². The average Bonchev–Trinajstić information content (AvgIpc) is 1.57. The molecule has 0 radical (unpaired) electrons. The van der Waals surface area contributed by atoms with Crippen LogP contribution in [0.15, 0.2) is 0 Å². The third-order valence-corrected chi connectivity index (χ3v) is 3.48. The normalized spacial score (nSPS) is 13.8. The van der Waals surface area contributed by atoms with Crippen molar-refractivity contribution in [1.29, 1.82) is 0 Å². The van der Waals surface area contributed by atoms with Gasteiger partial charge in [-0.1, -0.05) is 0 Å². The molecule has 0 aromatic heterocycles. The summed E-state index contributed by atoms with van der Waals surface area (Å²) in [4.78, 5) is 0. The van der Waals surface area contributed by atoms with Crippen LogP contribution in [0.2, 0.25) is 9.63 Å². The molecule has 0 nitrogen and oxygen atoms in total. The second-order valence-corrected chi connectivity index (χ2v) is 6.80. The van der Waals surface area contributed by atoms with Crippen molar-refractivity contribution < 1.29 is 13.2 Å². The Labute approximate surface area is 65.3 Å². The first-order valence-electron chi connectivity index (χ1n) is 2.91. The molecule has 0 aliphatic carbocycles. The van der Waals surface area contributed by atoms with Crippen LogP contribution in [0.3, 0.4) is 0 Å². The summed E-state index contributed by atoms with van der Waals surface area (Å²) in [6, 6.07) is 0. The van der Waals surface area contributed by atoms with E-state index >= 15 is 0 Å². The van der Waals surface area contributed by atoms with Crippen LogP contribution in [0.5, 0.6) is 0 Å². The van der Waals surface area contributed by atoms with Gasteiger partial charge in [0, 0.05) is 0 Å². The van der Waals surface area contributed by atoms with E-state index in [0.29, 0.717) is 0 Å². The van der Waals surface area contributed by atoms with Gasteiger partial charge in [0.05, 0.1) is 0 Å². The second-order valence-electron chi connectivity index (χ2n) is 3.02. The molecule has 0 heterocycles. The van der Waals surface area contributed by atoms with Crippen molar-refractivity contribution in [2.75, 3.05) is 0 Å². The van der Waals surface area contributed by atoms with Crippen molar-refractivity contribution >= 4 is 15.0 Å². The molecule has 0 atom stereocenters. The number of halogens is 3. The van der Waals surface area contributed by atoms with Crippen molar-refractivity contribution in [2.45, 2.75) is 36.6 Å². The Hall–Kier alpha value is 0.309. The first kappa shape index (κ1) is 10.3. The Morgan fingerprint density at radius 1 is 1.10 bits per heavy atom. The van der Waals surface area contributed by atoms with E-state index in [2.05, 4.69) is 0 Å². The minimum atomic E-state index is -3.96. The number of hydrogen-bond donors (Lipinski definition) is 0. The van der Waals surface area contributed by atoms with Gasteiger partial charge in [-0.2, -0.15) is 0 Å². The zero-order chi connectivity index (χ0) is 8.41. The van der Waals surface area contributed by atoms with Crippen LogP contribution in [0.4, 0.5) is 13.2 Å². The van der Waals surface area contributed by atoms with E-state index in [1.54, 1.807) is 0 Å². The molecule has 4 heteroatoms. The second kappa shape index (κ2) is 3.14. The molecule has 0 bridgehead atoms. The van der Waals surface area contributed by atoms with Gasteiger partial charge in [-0.3, -0.25) is 0 Å². The number of rotatable bonds is 1. The van der Waals surface area contributed by atoms with Crippen LogP contribution in [0, 0.1) is 0 Å². The Morgan fingerprint density at radius 2 is 1.50 bits per heavy atom. The molecule has 0 fully saturated rings. The van der Waals surface area contributed by atoms with Crippen LogP contribution < -0.4 is 0 Å². The van der Waals surface area contributed by atoms with E-state index in [1.807, 2.05) is 20.8 Å². The van der Waals surface area contributed by atoms with Crippen molar-refractivity contribution in [3.63, 3.8) is 0 Å². The Balaban J connectivity index is 3.56. The number of alkyl halides is 3. The first-order valence-corrected chi connectivity index (χ1v) is 4.98. The SMILES string of the molecule is CC(C)(C)[Se]CC(F)(F)F. The molecule has 0 aliphatic rings. The molecule has 0 amide bonds. The topological polar surface area (TPSA) is 0 Å². The van der Waals surface area contributed by atoms with Gasteiger partial charge in [0.2, 0.25) is 0 Å². The van der Waals surface area contributed by atoms with Gasteiger partial charge in [-0.15, -0.1) is 0 Å². The van der Waals surface area contributed by atoms with Crippen LogP contribution in [-0.4, -0.2) is 21.1 Å². The summed E-state index contributed by atoms with van der Waals surface area (Å²) in [5, 5.41) is -0.608. The van der Waals surface area contributed by atoms with Gasteiger partial charge >= 0.3 is 64.7 Å². The molecular weight excluding hydrogens is 208 g/mol. The fourth-order valence-corrected chi connectivity index (χ4v) is 1.55. The maximum atomic E-state index is 11.6. The molecule has 0 aromatic carbocycles. The van der Waals surface area contributed by atoms with E-state index in [4.69, 9.17) is 0 Å². The molecule has 0 spiro atoms. The van der Waals surface area contributed by atoms with E-state index < -0.39 is 11.5 Å². The molecule has 0 aromatic rings. The van der Waals surface area contributed by atoms with E-state index in [9.17, 15) is 13.2 Å². The first-order chi connectivity index (χ1) is 4.21. The predicted octanol–water partition coefficient (Wildman–Crippen LogP) is 2.89. The standard InChI is InChI=1S/C6H11F3Se/c1-5(2,3)10-4-6(7,8)9/h4H2,1-3H3. The van der Waals surface area contributed by atoms with Gasteiger partial charge in [-0.05, 0) is 0 Å². The summed E-state index contributed by atoms with van der Waals surface area (Å²) in [5.41, 5.74) is 0. The van der Waals surface area contributed by atoms with Gasteiger partial charge in [0.15, 0.2) is 0 Å². The number of hydrogen-bond acceptors (Lipinski definition) is 0. The maximum absolute atomic E-state index is 11.6. The quantitative estimate of drug-likeness (QED) is 0.595. The molecule has 0 N–H and O–H groups in total. The molecule has 0 saturated carbocycles. The summed E-state index contributed by atoms with van der Waals surface area (Å²) < 4.78 is 34.7. The van der Waals surface area contributed by atoms with Gasteiger partial charge in [-0.25, -0.2) is 0 Å². The Morgan fingerprint density at radius 3 is 1.60 bits per heavy atom. The van der Waals surface area contributed by atoms with E-state index in [0.717, 1.165) is 0 Å². The van der Waals surface area contributed by atoms with Gasteiger partial charge < -0.3 is 0 Å². The third kappa shape index (κ3) is 8.31. The summed E-state index contributed by atoms with van der Waals surface area (Å²) in [6.07, 6.45) is -3.96. The zero-order valence-corrected chi connectivity index (χ0v) is 7.96. The minimum absolute atomic E-state index is 0.150. The molecule has 0 unspecified atom stereocenters. The average molecular weight is 219 g/mol. The molecule has 0 rings (SSSR count). The Bertz CT molecular complexity index is 86.5. The molecule has 0 aliphatic heterocycles. The van der Waals surface area contributed by atoms with Crippen LogP contribution in [0.25, 0.3) is 0 Å². The fraction of sp³-hybridized carbons (Fsp3) is 1.00. The van der Waals surface area contributed by atoms with Gasteiger partial charge in [0.25, 0.3) is 0 Å². The van der Waals surface area contributed by atoms with Crippen molar-refractivity contribution in [3.05, 3.63) is 0 Å². The van der Waals surface area contributed by atoms with Crippen LogP contribution in [-0.2, 0) is 0 Å². The third-order valence-electron chi connectivity index (χ3n) is 0.669. The Kier molecular flexibility index (Phi) is 3.24. The van der Waals surface area contributed by atoms with Gasteiger partial charge in [0.1, 0.15) is 0 Å². The monoisotopic (exact) mass is 220 g/mol. The van der Waals surface area contributed by atoms with Crippen molar-refractivity contribution in [3.8, 4) is 0 Å². The summed E-state index contributed by atoms with van der Waals surface area (Å²) in [5.74, 6) is 0. The summed E-state index contributed by atoms with van der Waals surface area (Å²) in [6.45, 7) is 5.50. The van der Waals surface area contributed by atoms with E-state index in [-0.39, 0.29) is 19.3 Å². The van der Waals surface area contributed by atoms with Crippen molar-refractivity contribution in [2.24, 2.45) is 0 Å². The molecular formula is C6H11F3Se. The molecule has 62 valence electrons. The van der Waals surface area contributed by atoms with Crippen LogP contribution >= 0.6 is 0 Å². The summed E-state index contributed by atoms with van der Waals surface area (Å²) in [7, 11) is 0. The molecule has 10 heavy (non-hydrogen) atoms. The van der Waals surface area contributed by atoms with Crippen molar-refractivity contribution in [1.82, 2.24) is 0 Å². The fourth-order valence-electron chi connectivity index (χ4n) is 0.298. The zero-order valence-electron chi connectivity index (χ0n) is 6.25.